The first-order valence-corrected chi connectivity index (χ1v) is 11.7. The van der Waals surface area contributed by atoms with E-state index < -0.39 is 60.9 Å². The molecule has 0 aliphatic carbocycles. The predicted octanol–water partition coefficient (Wildman–Crippen LogP) is -2.88. The highest BCUT2D eigenvalue weighted by Crippen LogP contribution is 2.25. The summed E-state index contributed by atoms with van der Waals surface area (Å²) in [5, 5.41) is 29.3. The minimum Gasteiger partial charge on any atom is -0.464 e. The van der Waals surface area contributed by atoms with Crippen molar-refractivity contribution < 1.29 is 43.7 Å². The van der Waals surface area contributed by atoms with E-state index in [0.29, 0.717) is 0 Å². The summed E-state index contributed by atoms with van der Waals surface area (Å²) in [6.45, 7) is -1.27. The van der Waals surface area contributed by atoms with Crippen molar-refractivity contribution in [3.63, 3.8) is 0 Å². The van der Waals surface area contributed by atoms with Crippen LogP contribution < -0.4 is 15.8 Å². The molecule has 4 heterocycles. The lowest BCUT2D eigenvalue weighted by Gasteiger charge is -2.11. The number of hydrogen-bond acceptors (Lipinski definition) is 11. The number of nitrogens with zero attached hydrogens (tertiary/aromatic N) is 5. The Morgan fingerprint density at radius 1 is 1.16 bits per heavy atom. The highest BCUT2D eigenvalue weighted by atomic mass is 16.6. The fourth-order valence-electron chi connectivity index (χ4n) is 4.10. The third kappa shape index (κ3) is 5.22. The molecule has 4 atom stereocenters. The van der Waals surface area contributed by atoms with E-state index in [0.717, 1.165) is 4.57 Å². The Kier molecular flexibility index (Phi) is 8.01. The van der Waals surface area contributed by atoms with Crippen LogP contribution in [0.25, 0.3) is 11.2 Å². The van der Waals surface area contributed by atoms with Crippen molar-refractivity contribution in [2.24, 2.45) is 14.1 Å². The van der Waals surface area contributed by atoms with Crippen molar-refractivity contribution in [3.8, 4) is 0 Å². The van der Waals surface area contributed by atoms with Crippen LogP contribution in [-0.2, 0) is 39.6 Å². The van der Waals surface area contributed by atoms with Crippen LogP contribution >= 0.6 is 0 Å². The first kappa shape index (κ1) is 27.1. The Morgan fingerprint density at radius 3 is 2.61 bits per heavy atom. The molecule has 15 nitrogen and oxygen atoms in total. The molecule has 0 spiro atoms. The van der Waals surface area contributed by atoms with Crippen molar-refractivity contribution in [2.45, 2.75) is 37.5 Å². The van der Waals surface area contributed by atoms with Gasteiger partial charge in [-0.3, -0.25) is 14.2 Å². The molecular formula is C23H28N5O10+. The summed E-state index contributed by atoms with van der Waals surface area (Å²) >= 11 is 0. The van der Waals surface area contributed by atoms with Gasteiger partial charge in [0.15, 0.2) is 29.7 Å². The second kappa shape index (κ2) is 11.2. The number of carbonyl (C=O) groups excluding carboxylic acids is 2. The largest absolute Gasteiger partial charge is 0.464 e. The minimum atomic E-state index is -1.31. The van der Waals surface area contributed by atoms with Crippen LogP contribution in [0.15, 0.2) is 40.4 Å². The molecular weight excluding hydrogens is 506 g/mol. The van der Waals surface area contributed by atoms with E-state index in [1.165, 1.54) is 51.6 Å². The molecule has 1 aliphatic heterocycles. The second-order valence-corrected chi connectivity index (χ2v) is 8.74. The zero-order chi connectivity index (χ0) is 27.6. The van der Waals surface area contributed by atoms with Gasteiger partial charge >= 0.3 is 17.6 Å². The van der Waals surface area contributed by atoms with Crippen LogP contribution in [0.1, 0.15) is 23.0 Å². The Balaban J connectivity index is 1.27. The first-order chi connectivity index (χ1) is 18.1. The number of esters is 2. The molecule has 4 rings (SSSR count). The van der Waals surface area contributed by atoms with Gasteiger partial charge in [-0.2, -0.15) is 4.57 Å². The molecule has 3 aromatic heterocycles. The molecule has 15 heteroatoms. The van der Waals surface area contributed by atoms with Gasteiger partial charge in [-0.25, -0.2) is 19.1 Å². The second-order valence-electron chi connectivity index (χ2n) is 8.74. The number of aliphatic hydroxyl groups is 3. The van der Waals surface area contributed by atoms with E-state index in [9.17, 15) is 34.5 Å². The maximum atomic E-state index is 12.7. The molecule has 3 aromatic rings. The van der Waals surface area contributed by atoms with Gasteiger partial charge in [0, 0.05) is 26.6 Å². The quantitative estimate of drug-likeness (QED) is 0.145. The maximum absolute atomic E-state index is 12.7. The number of ether oxygens (including phenoxy) is 3. The van der Waals surface area contributed by atoms with Crippen LogP contribution in [-0.4, -0.2) is 84.1 Å². The van der Waals surface area contributed by atoms with Gasteiger partial charge in [0.25, 0.3) is 11.8 Å². The summed E-state index contributed by atoms with van der Waals surface area (Å²) in [5.74, 6) is -1.49. The van der Waals surface area contributed by atoms with Crippen molar-refractivity contribution in [1.82, 2.24) is 18.7 Å². The average molecular weight is 535 g/mol. The lowest BCUT2D eigenvalue weighted by molar-refractivity contribution is -0.765. The number of pyridine rings is 1. The Hall–Kier alpha value is -3.92. The van der Waals surface area contributed by atoms with Gasteiger partial charge in [-0.1, -0.05) is 0 Å². The van der Waals surface area contributed by atoms with E-state index in [4.69, 9.17) is 14.2 Å². The molecule has 1 aliphatic rings. The van der Waals surface area contributed by atoms with Gasteiger partial charge < -0.3 is 34.1 Å². The molecule has 0 saturated carbocycles. The lowest BCUT2D eigenvalue weighted by Crippen LogP contribution is -2.46. The van der Waals surface area contributed by atoms with E-state index in [1.54, 1.807) is 7.05 Å². The van der Waals surface area contributed by atoms with E-state index in [-0.39, 0.29) is 36.4 Å². The van der Waals surface area contributed by atoms with E-state index in [1.807, 2.05) is 0 Å². The highest BCUT2D eigenvalue weighted by Gasteiger charge is 2.48. The van der Waals surface area contributed by atoms with Crippen molar-refractivity contribution >= 4 is 23.1 Å². The molecule has 0 radical (unpaired) electrons. The Labute approximate surface area is 214 Å². The number of aliphatic hydroxyl groups excluding tert-OH is 3. The number of rotatable bonds is 9. The van der Waals surface area contributed by atoms with Gasteiger partial charge in [0.05, 0.1) is 26.1 Å². The summed E-state index contributed by atoms with van der Waals surface area (Å²) in [4.78, 5) is 53.8. The molecule has 0 bridgehead atoms. The predicted molar refractivity (Wildman–Crippen MR) is 126 cm³/mol. The number of aromatic nitrogens is 5. The van der Waals surface area contributed by atoms with Crippen LogP contribution in [0.2, 0.25) is 0 Å². The van der Waals surface area contributed by atoms with E-state index in [2.05, 4.69) is 4.98 Å². The number of imidazole rings is 1. The smallest absolute Gasteiger partial charge is 0.344 e. The van der Waals surface area contributed by atoms with Gasteiger partial charge in [-0.15, -0.1) is 0 Å². The molecule has 38 heavy (non-hydrogen) atoms. The van der Waals surface area contributed by atoms with Gasteiger partial charge in [0.2, 0.25) is 0 Å². The van der Waals surface area contributed by atoms with Gasteiger partial charge in [0.1, 0.15) is 24.3 Å². The van der Waals surface area contributed by atoms with Crippen LogP contribution in [0.4, 0.5) is 0 Å². The Morgan fingerprint density at radius 2 is 1.89 bits per heavy atom. The first-order valence-electron chi connectivity index (χ1n) is 11.7. The SMILES string of the molecule is Cn1cnc2c1c(=O)n(CC(=O)OCCCOC(=O)c1ccc[n+](C3O[C@H](CO)[C@@H](O)[C@H]3O)c1)c(=O)n2C. The summed E-state index contributed by atoms with van der Waals surface area (Å²) in [5.41, 5.74) is -0.845. The number of hydrogen-bond donors (Lipinski definition) is 3. The fourth-order valence-corrected chi connectivity index (χ4v) is 4.10. The zero-order valence-corrected chi connectivity index (χ0v) is 20.7. The number of fused-ring (bicyclic) bond motifs is 1. The zero-order valence-electron chi connectivity index (χ0n) is 20.7. The summed E-state index contributed by atoms with van der Waals surface area (Å²) < 4.78 is 20.5. The lowest BCUT2D eigenvalue weighted by atomic mass is 10.1. The minimum absolute atomic E-state index is 0.0858. The molecule has 0 amide bonds. The van der Waals surface area contributed by atoms with Crippen LogP contribution in [0.5, 0.6) is 0 Å². The average Bonchev–Trinajstić information content (AvgIpc) is 3.44. The summed E-state index contributed by atoms with van der Waals surface area (Å²) in [7, 11) is 3.04. The molecule has 0 aromatic carbocycles. The molecule has 1 saturated heterocycles. The monoisotopic (exact) mass is 534 g/mol. The third-order valence-electron chi connectivity index (χ3n) is 6.14. The highest BCUT2D eigenvalue weighted by molar-refractivity contribution is 5.88. The normalized spacial score (nSPS) is 21.1. The standard InChI is InChI=1S/C23H28N5O10/c1-25-12-24-19-16(25)20(33)28(23(35)26(19)2)10-15(30)36-7-4-8-37-22(34)13-5-3-6-27(9-13)21-18(32)17(31)14(11-29)38-21/h3,5-6,9,12,14,17-18,21,29,31-32H,4,7-8,10-11H2,1-2H3/q+1/t14-,17-,18-,21?/m1/s1. The number of aryl methyl sites for hydroxylation is 2. The molecule has 1 fully saturated rings. The van der Waals surface area contributed by atoms with Crippen molar-refractivity contribution in [1.29, 1.82) is 0 Å². The maximum Gasteiger partial charge on any atom is 0.344 e. The molecule has 3 N–H and O–H groups in total. The van der Waals surface area contributed by atoms with Crippen molar-refractivity contribution in [2.75, 3.05) is 19.8 Å². The summed E-state index contributed by atoms with van der Waals surface area (Å²) in [6.07, 6.45) is -0.0880. The summed E-state index contributed by atoms with van der Waals surface area (Å²) in [6, 6.07) is 3.01. The van der Waals surface area contributed by atoms with Crippen molar-refractivity contribution in [3.05, 3.63) is 57.3 Å². The molecule has 1 unspecified atom stereocenters. The Bertz CT molecular complexity index is 1460. The number of carbonyl (C=O) groups is 2. The van der Waals surface area contributed by atoms with Gasteiger partial charge in [-0.05, 0) is 6.07 Å². The van der Waals surface area contributed by atoms with Crippen LogP contribution in [0.3, 0.4) is 0 Å². The third-order valence-corrected chi connectivity index (χ3v) is 6.14. The fraction of sp³-hybridized carbons (Fsp3) is 0.478. The molecule has 204 valence electrons. The topological polar surface area (TPSA) is 188 Å². The van der Waals surface area contributed by atoms with E-state index >= 15 is 0 Å². The van der Waals surface area contributed by atoms with Crippen LogP contribution in [0, 0.1) is 0 Å².